The highest BCUT2D eigenvalue weighted by atomic mass is 16.2. The van der Waals surface area contributed by atoms with Gasteiger partial charge in [0.15, 0.2) is 0 Å². The maximum Gasteiger partial charge on any atom is 0.236 e. The average Bonchev–Trinajstić information content (AvgIpc) is 2.81. The number of nitrogens with one attached hydrogen (secondary N) is 2. The fraction of sp³-hybridized carbons (Fsp3) is 0.714. The molecule has 0 saturated heterocycles. The number of aromatic nitrogens is 2. The van der Waals surface area contributed by atoms with E-state index in [1.165, 1.54) is 0 Å². The van der Waals surface area contributed by atoms with Crippen molar-refractivity contribution < 1.29 is 4.79 Å². The summed E-state index contributed by atoms with van der Waals surface area (Å²) in [5.41, 5.74) is 1.10. The van der Waals surface area contributed by atoms with Crippen molar-refractivity contribution >= 4 is 5.91 Å². The molecule has 19 heavy (non-hydrogen) atoms. The molecule has 0 aromatic carbocycles. The first-order valence-corrected chi connectivity index (χ1v) is 6.91. The number of carbonyl (C=O) groups is 1. The molecule has 1 aromatic heterocycles. The van der Waals surface area contributed by atoms with Gasteiger partial charge in [0.05, 0.1) is 18.1 Å². The number of nitrogens with zero attached hydrogens (tertiary/aromatic N) is 2. The number of amides is 1. The highest BCUT2D eigenvalue weighted by Crippen LogP contribution is 2.10. The van der Waals surface area contributed by atoms with Gasteiger partial charge in [-0.2, -0.15) is 0 Å². The van der Waals surface area contributed by atoms with Crippen LogP contribution in [0, 0.1) is 5.92 Å². The molecule has 0 bridgehead atoms. The summed E-state index contributed by atoms with van der Waals surface area (Å²) in [5, 5.41) is 6.04. The Morgan fingerprint density at radius 3 is 2.58 bits per heavy atom. The minimum atomic E-state index is -0.152. The molecule has 1 amide bonds. The number of rotatable bonds is 7. The highest BCUT2D eigenvalue weighted by Gasteiger charge is 2.18. The van der Waals surface area contributed by atoms with Gasteiger partial charge >= 0.3 is 0 Å². The quantitative estimate of drug-likeness (QED) is 0.790. The molecule has 0 aliphatic carbocycles. The standard InChI is InChI=1S/C14H26N4O/c1-10(2)6-13(14(19)15-5)17-8-12-7-16-9-18(12)11(3)4/h7,9-11,13,17H,6,8H2,1-5H3,(H,15,19). The fourth-order valence-electron chi connectivity index (χ4n) is 2.09. The molecule has 0 spiro atoms. The number of carbonyl (C=O) groups excluding carboxylic acids is 1. The van der Waals surface area contributed by atoms with E-state index in [9.17, 15) is 4.79 Å². The largest absolute Gasteiger partial charge is 0.358 e. The van der Waals surface area contributed by atoms with Gasteiger partial charge in [-0.1, -0.05) is 13.8 Å². The van der Waals surface area contributed by atoms with E-state index in [-0.39, 0.29) is 11.9 Å². The van der Waals surface area contributed by atoms with Crippen molar-refractivity contribution in [3.63, 3.8) is 0 Å². The summed E-state index contributed by atoms with van der Waals surface area (Å²) in [6.45, 7) is 9.14. The molecule has 1 rings (SSSR count). The van der Waals surface area contributed by atoms with E-state index in [0.717, 1.165) is 12.1 Å². The van der Waals surface area contributed by atoms with Gasteiger partial charge in [-0.05, 0) is 26.2 Å². The number of hydrogen-bond donors (Lipinski definition) is 2. The zero-order valence-electron chi connectivity index (χ0n) is 12.6. The Kier molecular flexibility index (Phi) is 6.02. The SMILES string of the molecule is CNC(=O)C(CC(C)C)NCc1cncn1C(C)C. The molecule has 1 atom stereocenters. The maximum absolute atomic E-state index is 11.8. The van der Waals surface area contributed by atoms with Gasteiger partial charge in [-0.15, -0.1) is 0 Å². The fourth-order valence-corrected chi connectivity index (χ4v) is 2.09. The van der Waals surface area contributed by atoms with Crippen LogP contribution in [-0.4, -0.2) is 28.5 Å². The summed E-state index contributed by atoms with van der Waals surface area (Å²) in [4.78, 5) is 16.0. The van der Waals surface area contributed by atoms with E-state index in [0.29, 0.717) is 18.5 Å². The third kappa shape index (κ3) is 4.67. The van der Waals surface area contributed by atoms with E-state index in [4.69, 9.17) is 0 Å². The van der Waals surface area contributed by atoms with E-state index in [1.807, 2.05) is 12.5 Å². The first-order chi connectivity index (χ1) is 8.95. The van der Waals surface area contributed by atoms with E-state index in [1.54, 1.807) is 7.05 Å². The Morgan fingerprint density at radius 2 is 2.05 bits per heavy atom. The lowest BCUT2D eigenvalue weighted by molar-refractivity contribution is -0.123. The van der Waals surface area contributed by atoms with Crippen molar-refractivity contribution in [3.05, 3.63) is 18.2 Å². The molecule has 108 valence electrons. The molecule has 0 saturated carbocycles. The normalized spacial score (nSPS) is 13.0. The Hall–Kier alpha value is -1.36. The Bertz CT molecular complexity index is 398. The smallest absolute Gasteiger partial charge is 0.236 e. The molecule has 0 radical (unpaired) electrons. The van der Waals surface area contributed by atoms with Crippen LogP contribution in [-0.2, 0) is 11.3 Å². The molecule has 2 N–H and O–H groups in total. The van der Waals surface area contributed by atoms with Crippen molar-refractivity contribution in [2.45, 2.75) is 52.7 Å². The molecule has 0 aliphatic heterocycles. The molecular weight excluding hydrogens is 240 g/mol. The molecule has 1 heterocycles. The zero-order valence-corrected chi connectivity index (χ0v) is 12.6. The molecule has 5 heteroatoms. The molecule has 0 aliphatic rings. The second-order valence-electron chi connectivity index (χ2n) is 5.56. The molecule has 5 nitrogen and oxygen atoms in total. The third-order valence-electron chi connectivity index (χ3n) is 3.10. The Labute approximate surface area is 115 Å². The van der Waals surface area contributed by atoms with Crippen LogP contribution < -0.4 is 10.6 Å². The van der Waals surface area contributed by atoms with Crippen molar-refractivity contribution in [1.29, 1.82) is 0 Å². The predicted octanol–water partition coefficient (Wildman–Crippen LogP) is 1.71. The van der Waals surface area contributed by atoms with Crippen LogP contribution >= 0.6 is 0 Å². The molecule has 1 aromatic rings. The number of imidazole rings is 1. The molecule has 1 unspecified atom stereocenters. The summed E-state index contributed by atoms with van der Waals surface area (Å²) >= 11 is 0. The lowest BCUT2D eigenvalue weighted by Crippen LogP contribution is -2.43. The first-order valence-electron chi connectivity index (χ1n) is 6.91. The van der Waals surface area contributed by atoms with Crippen LogP contribution in [0.2, 0.25) is 0 Å². The van der Waals surface area contributed by atoms with Crippen LogP contribution in [0.4, 0.5) is 0 Å². The topological polar surface area (TPSA) is 59.0 Å². The van der Waals surface area contributed by atoms with Gasteiger partial charge in [0.25, 0.3) is 0 Å². The van der Waals surface area contributed by atoms with E-state index < -0.39 is 0 Å². The van der Waals surface area contributed by atoms with Crippen LogP contribution in [0.15, 0.2) is 12.5 Å². The molecule has 0 fully saturated rings. The van der Waals surface area contributed by atoms with E-state index >= 15 is 0 Å². The summed E-state index contributed by atoms with van der Waals surface area (Å²) < 4.78 is 2.11. The first kappa shape index (κ1) is 15.7. The van der Waals surface area contributed by atoms with Gasteiger partial charge in [-0.25, -0.2) is 4.98 Å². The lowest BCUT2D eigenvalue weighted by Gasteiger charge is -2.20. The second-order valence-corrected chi connectivity index (χ2v) is 5.56. The summed E-state index contributed by atoms with van der Waals surface area (Å²) in [5.74, 6) is 0.522. The maximum atomic E-state index is 11.8. The van der Waals surface area contributed by atoms with Crippen molar-refractivity contribution in [2.24, 2.45) is 5.92 Å². The van der Waals surface area contributed by atoms with E-state index in [2.05, 4.69) is 47.9 Å². The van der Waals surface area contributed by atoms with Crippen LogP contribution in [0.25, 0.3) is 0 Å². The minimum Gasteiger partial charge on any atom is -0.358 e. The van der Waals surface area contributed by atoms with Gasteiger partial charge < -0.3 is 15.2 Å². The van der Waals surface area contributed by atoms with Crippen LogP contribution in [0.1, 0.15) is 45.9 Å². The average molecular weight is 266 g/mol. The monoisotopic (exact) mass is 266 g/mol. The lowest BCUT2D eigenvalue weighted by atomic mass is 10.0. The Balaban J connectivity index is 2.65. The second kappa shape index (κ2) is 7.28. The molecular formula is C14H26N4O. The van der Waals surface area contributed by atoms with Crippen LogP contribution in [0.3, 0.4) is 0 Å². The third-order valence-corrected chi connectivity index (χ3v) is 3.10. The zero-order chi connectivity index (χ0) is 14.4. The predicted molar refractivity (Wildman–Crippen MR) is 76.8 cm³/mol. The number of hydrogen-bond acceptors (Lipinski definition) is 3. The van der Waals surface area contributed by atoms with Crippen molar-refractivity contribution in [2.75, 3.05) is 7.05 Å². The van der Waals surface area contributed by atoms with Gasteiger partial charge in [0.2, 0.25) is 5.91 Å². The Morgan fingerprint density at radius 1 is 1.37 bits per heavy atom. The minimum absolute atomic E-state index is 0.0457. The summed E-state index contributed by atoms with van der Waals surface area (Å²) in [6, 6.07) is 0.225. The van der Waals surface area contributed by atoms with Crippen molar-refractivity contribution in [3.8, 4) is 0 Å². The van der Waals surface area contributed by atoms with Gasteiger partial charge in [0.1, 0.15) is 0 Å². The highest BCUT2D eigenvalue weighted by molar-refractivity contribution is 5.81. The van der Waals surface area contributed by atoms with Gasteiger partial charge in [0, 0.05) is 25.8 Å². The summed E-state index contributed by atoms with van der Waals surface area (Å²) in [6.07, 6.45) is 4.51. The van der Waals surface area contributed by atoms with Crippen LogP contribution in [0.5, 0.6) is 0 Å². The number of likely N-dealkylation sites (N-methyl/N-ethyl adjacent to an activating group) is 1. The summed E-state index contributed by atoms with van der Waals surface area (Å²) in [7, 11) is 1.68. The van der Waals surface area contributed by atoms with Gasteiger partial charge in [-0.3, -0.25) is 4.79 Å². The van der Waals surface area contributed by atoms with Crippen molar-refractivity contribution in [1.82, 2.24) is 20.2 Å².